The zero-order valence-electron chi connectivity index (χ0n) is 13.1. The van der Waals surface area contributed by atoms with Crippen molar-refractivity contribution in [3.63, 3.8) is 0 Å². The number of anilines is 1. The summed E-state index contributed by atoms with van der Waals surface area (Å²) >= 11 is 1.27. The van der Waals surface area contributed by atoms with Crippen molar-refractivity contribution in [3.05, 3.63) is 35.9 Å². The van der Waals surface area contributed by atoms with E-state index in [0.29, 0.717) is 24.6 Å². The van der Waals surface area contributed by atoms with Gasteiger partial charge in [0.15, 0.2) is 5.12 Å². The van der Waals surface area contributed by atoms with Gasteiger partial charge in [0, 0.05) is 37.3 Å². The molecule has 1 aromatic carbocycles. The first-order valence-corrected chi connectivity index (χ1v) is 8.49. The Morgan fingerprint density at radius 2 is 2.13 bits per heavy atom. The van der Waals surface area contributed by atoms with Crippen LogP contribution in [0.4, 0.5) is 5.88 Å². The number of carbonyl (C=O) groups is 2. The van der Waals surface area contributed by atoms with Crippen LogP contribution >= 0.6 is 11.8 Å². The predicted octanol–water partition coefficient (Wildman–Crippen LogP) is 3.28. The molecule has 0 bridgehead atoms. The fraction of sp³-hybridized carbons (Fsp3) is 0.353. The van der Waals surface area contributed by atoms with E-state index >= 15 is 0 Å². The standard InChI is InChI=1S/C17H18N2O3S/c1-11-3-5-14(6-4-11)15-8-17(22-18-15)19-9-13(7-16(19)21)10-23-12(2)20/h3-6,8,13H,7,9-10H2,1-2H3. The first-order chi connectivity index (χ1) is 11.0. The molecule has 5 nitrogen and oxygen atoms in total. The lowest BCUT2D eigenvalue weighted by Crippen LogP contribution is -2.24. The molecule has 3 rings (SSSR count). The lowest BCUT2D eigenvalue weighted by atomic mass is 10.1. The fourth-order valence-electron chi connectivity index (χ4n) is 2.59. The number of rotatable bonds is 4. The van der Waals surface area contributed by atoms with Crippen LogP contribution in [-0.4, -0.2) is 28.5 Å². The summed E-state index contributed by atoms with van der Waals surface area (Å²) in [6.07, 6.45) is 0.445. The Labute approximate surface area is 139 Å². The monoisotopic (exact) mass is 330 g/mol. The van der Waals surface area contributed by atoms with Crippen LogP contribution in [0.25, 0.3) is 11.3 Å². The highest BCUT2D eigenvalue weighted by atomic mass is 32.2. The molecule has 2 aromatic rings. The average molecular weight is 330 g/mol. The van der Waals surface area contributed by atoms with Gasteiger partial charge in [-0.05, 0) is 12.8 Å². The van der Waals surface area contributed by atoms with Crippen LogP contribution in [-0.2, 0) is 9.59 Å². The summed E-state index contributed by atoms with van der Waals surface area (Å²) in [4.78, 5) is 24.8. The van der Waals surface area contributed by atoms with E-state index in [1.807, 2.05) is 31.2 Å². The van der Waals surface area contributed by atoms with Gasteiger partial charge in [-0.1, -0.05) is 46.7 Å². The number of benzene rings is 1. The largest absolute Gasteiger partial charge is 0.338 e. The highest BCUT2D eigenvalue weighted by molar-refractivity contribution is 8.13. The third-order valence-corrected chi connectivity index (χ3v) is 4.88. The molecule has 1 fully saturated rings. The number of hydrogen-bond acceptors (Lipinski definition) is 5. The molecule has 120 valence electrons. The average Bonchev–Trinajstić information content (AvgIpc) is 3.12. The van der Waals surface area contributed by atoms with Gasteiger partial charge < -0.3 is 4.52 Å². The summed E-state index contributed by atoms with van der Waals surface area (Å²) in [6, 6.07) is 9.78. The maximum Gasteiger partial charge on any atom is 0.234 e. The molecule has 0 radical (unpaired) electrons. The van der Waals surface area contributed by atoms with Gasteiger partial charge in [0.25, 0.3) is 0 Å². The van der Waals surface area contributed by atoms with E-state index in [9.17, 15) is 9.59 Å². The first-order valence-electron chi connectivity index (χ1n) is 7.50. The molecule has 1 aromatic heterocycles. The van der Waals surface area contributed by atoms with E-state index in [1.54, 1.807) is 17.9 Å². The van der Waals surface area contributed by atoms with Crippen molar-refractivity contribution >= 4 is 28.7 Å². The molecule has 23 heavy (non-hydrogen) atoms. The van der Waals surface area contributed by atoms with Crippen molar-refractivity contribution in [1.29, 1.82) is 0 Å². The van der Waals surface area contributed by atoms with E-state index in [2.05, 4.69) is 5.16 Å². The summed E-state index contributed by atoms with van der Waals surface area (Å²) in [7, 11) is 0. The number of nitrogens with zero attached hydrogens (tertiary/aromatic N) is 2. The smallest absolute Gasteiger partial charge is 0.234 e. The van der Waals surface area contributed by atoms with Crippen LogP contribution in [0.15, 0.2) is 34.9 Å². The zero-order chi connectivity index (χ0) is 16.4. The Kier molecular flexibility index (Phi) is 4.52. The van der Waals surface area contributed by atoms with Crippen molar-refractivity contribution in [1.82, 2.24) is 5.16 Å². The van der Waals surface area contributed by atoms with Gasteiger partial charge in [-0.15, -0.1) is 0 Å². The van der Waals surface area contributed by atoms with E-state index in [1.165, 1.54) is 17.3 Å². The van der Waals surface area contributed by atoms with Crippen molar-refractivity contribution in [2.45, 2.75) is 20.3 Å². The van der Waals surface area contributed by atoms with Gasteiger partial charge in [0.05, 0.1) is 0 Å². The Morgan fingerprint density at radius 1 is 1.39 bits per heavy atom. The summed E-state index contributed by atoms with van der Waals surface area (Å²) in [6.45, 7) is 4.14. The lowest BCUT2D eigenvalue weighted by Gasteiger charge is -2.11. The maximum absolute atomic E-state index is 12.2. The number of thioether (sulfide) groups is 1. The normalized spacial score (nSPS) is 17.7. The minimum atomic E-state index is 0.0192. The molecule has 0 N–H and O–H groups in total. The van der Waals surface area contributed by atoms with Gasteiger partial charge in [-0.2, -0.15) is 0 Å². The van der Waals surface area contributed by atoms with E-state index in [-0.39, 0.29) is 16.9 Å². The van der Waals surface area contributed by atoms with Crippen LogP contribution in [0.1, 0.15) is 18.9 Å². The second-order valence-electron chi connectivity index (χ2n) is 5.79. The molecule has 1 saturated heterocycles. The number of hydrogen-bond donors (Lipinski definition) is 0. The summed E-state index contributed by atoms with van der Waals surface area (Å²) in [5.41, 5.74) is 2.85. The van der Waals surface area contributed by atoms with Crippen LogP contribution in [0.2, 0.25) is 0 Å². The van der Waals surface area contributed by atoms with E-state index in [4.69, 9.17) is 4.52 Å². The van der Waals surface area contributed by atoms with Gasteiger partial charge in [0.2, 0.25) is 11.8 Å². The molecule has 1 aliphatic heterocycles. The van der Waals surface area contributed by atoms with Crippen molar-refractivity contribution in [3.8, 4) is 11.3 Å². The van der Waals surface area contributed by atoms with Crippen molar-refractivity contribution < 1.29 is 14.1 Å². The molecule has 1 atom stereocenters. The second-order valence-corrected chi connectivity index (χ2v) is 6.99. The van der Waals surface area contributed by atoms with Gasteiger partial charge >= 0.3 is 0 Å². The lowest BCUT2D eigenvalue weighted by molar-refractivity contribution is -0.117. The topological polar surface area (TPSA) is 63.4 Å². The molecule has 0 aliphatic carbocycles. The SMILES string of the molecule is CC(=O)SCC1CC(=O)N(c2cc(-c3ccc(C)cc3)no2)C1. The molecule has 0 spiro atoms. The molecule has 1 aliphatic rings. The van der Waals surface area contributed by atoms with Crippen molar-refractivity contribution in [2.24, 2.45) is 5.92 Å². The van der Waals surface area contributed by atoms with Crippen LogP contribution < -0.4 is 4.90 Å². The van der Waals surface area contributed by atoms with Crippen LogP contribution in [0.3, 0.4) is 0 Å². The predicted molar refractivity (Wildman–Crippen MR) is 90.3 cm³/mol. The van der Waals surface area contributed by atoms with Gasteiger partial charge in [-0.25, -0.2) is 0 Å². The molecular formula is C17H18N2O3S. The van der Waals surface area contributed by atoms with Crippen LogP contribution in [0.5, 0.6) is 0 Å². The number of aryl methyl sites for hydroxylation is 1. The molecule has 6 heteroatoms. The molecule has 0 saturated carbocycles. The maximum atomic E-state index is 12.2. The Morgan fingerprint density at radius 3 is 2.83 bits per heavy atom. The highest BCUT2D eigenvalue weighted by Gasteiger charge is 2.33. The number of carbonyl (C=O) groups excluding carboxylic acids is 2. The van der Waals surface area contributed by atoms with Gasteiger partial charge in [0.1, 0.15) is 5.69 Å². The molecule has 1 unspecified atom stereocenters. The molecular weight excluding hydrogens is 312 g/mol. The fourth-order valence-corrected chi connectivity index (χ4v) is 3.29. The number of aromatic nitrogens is 1. The zero-order valence-corrected chi connectivity index (χ0v) is 13.9. The number of amides is 1. The first kappa shape index (κ1) is 15.8. The Bertz CT molecular complexity index is 724. The minimum Gasteiger partial charge on any atom is -0.338 e. The second kappa shape index (κ2) is 6.58. The third-order valence-electron chi connectivity index (χ3n) is 3.84. The summed E-state index contributed by atoms with van der Waals surface area (Å²) in [5.74, 6) is 1.33. The van der Waals surface area contributed by atoms with E-state index in [0.717, 1.165) is 11.3 Å². The summed E-state index contributed by atoms with van der Waals surface area (Å²) in [5, 5.41) is 4.15. The molecule has 2 heterocycles. The minimum absolute atomic E-state index is 0.0192. The van der Waals surface area contributed by atoms with Crippen molar-refractivity contribution in [2.75, 3.05) is 17.2 Å². The van der Waals surface area contributed by atoms with Gasteiger partial charge in [-0.3, -0.25) is 14.5 Å². The van der Waals surface area contributed by atoms with E-state index < -0.39 is 0 Å². The quantitative estimate of drug-likeness (QED) is 0.861. The molecule has 1 amide bonds. The Balaban J connectivity index is 1.71. The highest BCUT2D eigenvalue weighted by Crippen LogP contribution is 2.30. The Hall–Kier alpha value is -2.08. The van der Waals surface area contributed by atoms with Crippen LogP contribution in [0, 0.1) is 12.8 Å². The third kappa shape index (κ3) is 3.64. The summed E-state index contributed by atoms with van der Waals surface area (Å²) < 4.78 is 5.36.